The van der Waals surface area contributed by atoms with E-state index in [1.165, 1.54) is 6.33 Å². The van der Waals surface area contributed by atoms with E-state index in [1.807, 2.05) is 6.07 Å². The van der Waals surface area contributed by atoms with E-state index in [9.17, 15) is 4.79 Å². The summed E-state index contributed by atoms with van der Waals surface area (Å²) in [6.45, 7) is 0. The number of aromatic nitrogens is 4. The first kappa shape index (κ1) is 19.1. The maximum absolute atomic E-state index is 12.2. The van der Waals surface area contributed by atoms with Gasteiger partial charge in [-0.1, -0.05) is 18.2 Å². The lowest BCUT2D eigenvalue weighted by Gasteiger charge is -2.12. The van der Waals surface area contributed by atoms with E-state index in [2.05, 4.69) is 30.6 Å². The van der Waals surface area contributed by atoms with Crippen molar-refractivity contribution in [3.05, 3.63) is 66.7 Å². The van der Waals surface area contributed by atoms with Crippen LogP contribution in [-0.4, -0.2) is 40.1 Å². The minimum absolute atomic E-state index is 0.202. The maximum Gasteiger partial charge on any atom is 0.258 e. The summed E-state index contributed by atoms with van der Waals surface area (Å²) in [4.78, 5) is 29.2. The molecule has 0 aliphatic heterocycles. The lowest BCUT2D eigenvalue weighted by Crippen LogP contribution is -2.14. The lowest BCUT2D eigenvalue weighted by atomic mass is 10.2. The Morgan fingerprint density at radius 1 is 0.900 bits per heavy atom. The van der Waals surface area contributed by atoms with E-state index in [0.717, 1.165) is 5.39 Å². The fraction of sp³-hybridized carbons (Fsp3) is 0.0952. The highest BCUT2D eigenvalue weighted by Gasteiger charge is 2.12. The first-order valence-corrected chi connectivity index (χ1v) is 9.00. The predicted molar refractivity (Wildman–Crippen MR) is 112 cm³/mol. The molecule has 2 aromatic heterocycles. The quantitative estimate of drug-likeness (QED) is 0.505. The molecule has 2 aromatic carbocycles. The molecule has 0 fully saturated rings. The van der Waals surface area contributed by atoms with Crippen LogP contribution in [0.4, 0.5) is 17.5 Å². The van der Waals surface area contributed by atoms with Crippen LogP contribution in [0, 0.1) is 0 Å². The molecule has 0 saturated carbocycles. The summed E-state index contributed by atoms with van der Waals surface area (Å²) in [5, 5.41) is 6.57. The van der Waals surface area contributed by atoms with Gasteiger partial charge in [0, 0.05) is 17.0 Å². The van der Waals surface area contributed by atoms with Gasteiger partial charge in [-0.2, -0.15) is 0 Å². The van der Waals surface area contributed by atoms with Gasteiger partial charge in [0.15, 0.2) is 11.5 Å². The van der Waals surface area contributed by atoms with Crippen molar-refractivity contribution in [2.75, 3.05) is 24.9 Å². The Bertz CT molecular complexity index is 1180. The molecule has 0 radical (unpaired) electrons. The standard InChI is InChI=1S/C21H18N6O3/c1-29-17-8-15-16(9-18(17)30-2)24-12-25-19(15)26-14-10-22-21(23-11-14)27-20(28)13-6-4-3-5-7-13/h3-12H,1-2H3,(H,24,25,26)(H,22,23,27,28). The van der Waals surface area contributed by atoms with Crippen LogP contribution >= 0.6 is 0 Å². The molecule has 0 atom stereocenters. The number of rotatable bonds is 6. The number of fused-ring (bicyclic) bond motifs is 1. The Labute approximate surface area is 172 Å². The van der Waals surface area contributed by atoms with Crippen molar-refractivity contribution < 1.29 is 14.3 Å². The zero-order chi connectivity index (χ0) is 20.9. The molecule has 2 N–H and O–H groups in total. The Kier molecular flexibility index (Phi) is 5.33. The van der Waals surface area contributed by atoms with Crippen LogP contribution in [0.15, 0.2) is 61.2 Å². The number of anilines is 3. The Morgan fingerprint density at radius 3 is 2.30 bits per heavy atom. The van der Waals surface area contributed by atoms with Crippen LogP contribution in [0.1, 0.15) is 10.4 Å². The minimum atomic E-state index is -0.279. The third kappa shape index (κ3) is 3.95. The molecule has 30 heavy (non-hydrogen) atoms. The van der Waals surface area contributed by atoms with Gasteiger partial charge >= 0.3 is 0 Å². The summed E-state index contributed by atoms with van der Waals surface area (Å²) in [5.74, 6) is 1.63. The van der Waals surface area contributed by atoms with Gasteiger partial charge < -0.3 is 14.8 Å². The second kappa shape index (κ2) is 8.39. The molecule has 0 spiro atoms. The minimum Gasteiger partial charge on any atom is -0.493 e. The van der Waals surface area contributed by atoms with Crippen molar-refractivity contribution in [1.82, 2.24) is 19.9 Å². The molecule has 0 aliphatic carbocycles. The van der Waals surface area contributed by atoms with Crippen molar-refractivity contribution in [2.24, 2.45) is 0 Å². The van der Waals surface area contributed by atoms with E-state index < -0.39 is 0 Å². The molecule has 2 heterocycles. The van der Waals surface area contributed by atoms with Gasteiger partial charge in [-0.05, 0) is 18.2 Å². The van der Waals surface area contributed by atoms with E-state index >= 15 is 0 Å². The van der Waals surface area contributed by atoms with Gasteiger partial charge in [0.2, 0.25) is 5.95 Å². The molecule has 0 saturated heterocycles. The van der Waals surface area contributed by atoms with Gasteiger partial charge in [0.05, 0.1) is 37.8 Å². The van der Waals surface area contributed by atoms with Gasteiger partial charge in [0.25, 0.3) is 5.91 Å². The van der Waals surface area contributed by atoms with Gasteiger partial charge in [-0.15, -0.1) is 0 Å². The first-order chi connectivity index (χ1) is 14.7. The number of carbonyl (C=O) groups excluding carboxylic acids is 1. The monoisotopic (exact) mass is 402 g/mol. The SMILES string of the molecule is COc1cc2ncnc(Nc3cnc(NC(=O)c4ccccc4)nc3)c2cc1OC. The highest BCUT2D eigenvalue weighted by molar-refractivity contribution is 6.03. The number of hydrogen-bond donors (Lipinski definition) is 2. The zero-order valence-corrected chi connectivity index (χ0v) is 16.3. The maximum atomic E-state index is 12.2. The smallest absolute Gasteiger partial charge is 0.258 e. The average Bonchev–Trinajstić information content (AvgIpc) is 2.80. The van der Waals surface area contributed by atoms with Crippen LogP contribution in [-0.2, 0) is 0 Å². The molecule has 0 unspecified atom stereocenters. The Morgan fingerprint density at radius 2 is 1.60 bits per heavy atom. The molecular formula is C21H18N6O3. The largest absolute Gasteiger partial charge is 0.493 e. The number of benzene rings is 2. The molecule has 0 aliphatic rings. The molecule has 9 heteroatoms. The Hall–Kier alpha value is -4.27. The van der Waals surface area contributed by atoms with Crippen LogP contribution in [0.25, 0.3) is 10.9 Å². The van der Waals surface area contributed by atoms with Crippen LogP contribution in [0.5, 0.6) is 11.5 Å². The zero-order valence-electron chi connectivity index (χ0n) is 16.3. The summed E-state index contributed by atoms with van der Waals surface area (Å²) in [6, 6.07) is 12.4. The normalized spacial score (nSPS) is 10.5. The van der Waals surface area contributed by atoms with E-state index in [-0.39, 0.29) is 11.9 Å². The van der Waals surface area contributed by atoms with Crippen molar-refractivity contribution in [3.8, 4) is 11.5 Å². The molecule has 1 amide bonds. The van der Waals surface area contributed by atoms with Crippen LogP contribution in [0.2, 0.25) is 0 Å². The van der Waals surface area contributed by atoms with Crippen LogP contribution < -0.4 is 20.1 Å². The second-order valence-electron chi connectivity index (χ2n) is 6.19. The number of nitrogens with zero attached hydrogens (tertiary/aromatic N) is 4. The second-order valence-corrected chi connectivity index (χ2v) is 6.19. The lowest BCUT2D eigenvalue weighted by molar-refractivity contribution is 0.102. The summed E-state index contributed by atoms with van der Waals surface area (Å²) >= 11 is 0. The fourth-order valence-corrected chi connectivity index (χ4v) is 2.84. The summed E-state index contributed by atoms with van der Waals surface area (Å²) in [5.41, 5.74) is 1.82. The van der Waals surface area contributed by atoms with Gasteiger partial charge in [-0.3, -0.25) is 10.1 Å². The summed E-state index contributed by atoms with van der Waals surface area (Å²) < 4.78 is 10.7. The summed E-state index contributed by atoms with van der Waals surface area (Å²) in [6.07, 6.45) is 4.57. The number of ether oxygens (including phenoxy) is 2. The summed E-state index contributed by atoms with van der Waals surface area (Å²) in [7, 11) is 3.14. The number of hydrogen-bond acceptors (Lipinski definition) is 8. The number of carbonyl (C=O) groups is 1. The van der Waals surface area contributed by atoms with Crippen molar-refractivity contribution in [2.45, 2.75) is 0 Å². The Balaban J connectivity index is 1.55. The van der Waals surface area contributed by atoms with Crippen molar-refractivity contribution in [3.63, 3.8) is 0 Å². The highest BCUT2D eigenvalue weighted by Crippen LogP contribution is 2.34. The molecular weight excluding hydrogens is 384 g/mol. The molecule has 150 valence electrons. The van der Waals surface area contributed by atoms with E-state index in [0.29, 0.717) is 34.1 Å². The fourth-order valence-electron chi connectivity index (χ4n) is 2.84. The van der Waals surface area contributed by atoms with Crippen LogP contribution in [0.3, 0.4) is 0 Å². The highest BCUT2D eigenvalue weighted by atomic mass is 16.5. The molecule has 9 nitrogen and oxygen atoms in total. The predicted octanol–water partition coefficient (Wildman–Crippen LogP) is 3.43. The van der Waals surface area contributed by atoms with E-state index in [1.54, 1.807) is 63.0 Å². The molecule has 4 rings (SSSR count). The van der Waals surface area contributed by atoms with Crippen molar-refractivity contribution in [1.29, 1.82) is 0 Å². The third-order valence-electron chi connectivity index (χ3n) is 4.32. The number of amides is 1. The third-order valence-corrected chi connectivity index (χ3v) is 4.32. The molecule has 4 aromatic rings. The number of methoxy groups -OCH3 is 2. The number of nitrogens with one attached hydrogen (secondary N) is 2. The van der Waals surface area contributed by atoms with Crippen molar-refractivity contribution >= 4 is 34.3 Å². The first-order valence-electron chi connectivity index (χ1n) is 9.00. The van der Waals surface area contributed by atoms with Gasteiger partial charge in [-0.25, -0.2) is 19.9 Å². The topological polar surface area (TPSA) is 111 Å². The molecule has 0 bridgehead atoms. The van der Waals surface area contributed by atoms with Gasteiger partial charge in [0.1, 0.15) is 12.1 Å². The van der Waals surface area contributed by atoms with E-state index in [4.69, 9.17) is 9.47 Å². The average molecular weight is 402 g/mol.